The Bertz CT molecular complexity index is 713. The van der Waals surface area contributed by atoms with E-state index in [2.05, 4.69) is 23.5 Å². The van der Waals surface area contributed by atoms with Crippen LogP contribution in [-0.4, -0.2) is 18.7 Å². The smallest absolute Gasteiger partial charge is 0.240 e. The Labute approximate surface area is 151 Å². The Balaban J connectivity index is 1.66. The molecule has 4 nitrogen and oxygen atoms in total. The predicted octanol–water partition coefficient (Wildman–Crippen LogP) is 4.58. The molecule has 1 aromatic heterocycles. The second kappa shape index (κ2) is 9.45. The molecule has 0 spiro atoms. The van der Waals surface area contributed by atoms with Gasteiger partial charge < -0.3 is 4.74 Å². The van der Waals surface area contributed by atoms with E-state index in [0.717, 1.165) is 22.6 Å². The van der Waals surface area contributed by atoms with E-state index in [0.29, 0.717) is 24.5 Å². The molecule has 0 saturated heterocycles. The molecular formula is C18H21ClN2O2S. The van der Waals surface area contributed by atoms with Crippen LogP contribution in [0.2, 0.25) is 5.02 Å². The van der Waals surface area contributed by atoms with Gasteiger partial charge in [0.05, 0.1) is 12.8 Å². The number of hydrogen-bond donors (Lipinski definition) is 1. The minimum Gasteiger partial charge on any atom is -0.493 e. The van der Waals surface area contributed by atoms with E-state index < -0.39 is 0 Å². The Morgan fingerprint density at radius 3 is 2.92 bits per heavy atom. The lowest BCUT2D eigenvalue weighted by molar-refractivity contribution is -0.121. The topological polar surface area (TPSA) is 50.7 Å². The van der Waals surface area contributed by atoms with Gasteiger partial charge in [0.1, 0.15) is 5.75 Å². The van der Waals surface area contributed by atoms with Gasteiger partial charge in [-0.05, 0) is 55.7 Å². The van der Waals surface area contributed by atoms with Crippen LogP contribution >= 0.6 is 22.9 Å². The van der Waals surface area contributed by atoms with Gasteiger partial charge in [-0.25, -0.2) is 5.43 Å². The number of carbonyl (C=O) groups is 1. The lowest BCUT2D eigenvalue weighted by atomic mass is 10.2. The number of rotatable bonds is 8. The van der Waals surface area contributed by atoms with Gasteiger partial charge in [0.15, 0.2) is 0 Å². The zero-order valence-electron chi connectivity index (χ0n) is 13.8. The van der Waals surface area contributed by atoms with Gasteiger partial charge >= 0.3 is 0 Å². The number of nitrogens with zero attached hydrogens (tertiary/aromatic N) is 1. The molecule has 24 heavy (non-hydrogen) atoms. The number of halogens is 1. The van der Waals surface area contributed by atoms with E-state index in [1.54, 1.807) is 23.6 Å². The first-order valence-corrected chi connectivity index (χ1v) is 9.07. The first kappa shape index (κ1) is 18.5. The van der Waals surface area contributed by atoms with E-state index in [-0.39, 0.29) is 5.91 Å². The lowest BCUT2D eigenvalue weighted by Gasteiger charge is -2.08. The van der Waals surface area contributed by atoms with Gasteiger partial charge in [-0.15, -0.1) is 11.3 Å². The quantitative estimate of drug-likeness (QED) is 0.423. The van der Waals surface area contributed by atoms with Gasteiger partial charge in [0.25, 0.3) is 0 Å². The molecule has 6 heteroatoms. The normalized spacial score (nSPS) is 11.0. The first-order valence-electron chi connectivity index (χ1n) is 7.88. The molecule has 0 saturated carbocycles. The fourth-order valence-corrected chi connectivity index (χ4v) is 3.12. The number of benzene rings is 1. The summed E-state index contributed by atoms with van der Waals surface area (Å²) < 4.78 is 5.66. The lowest BCUT2D eigenvalue weighted by Crippen LogP contribution is -2.18. The number of carbonyl (C=O) groups excluding carboxylic acids is 1. The minimum absolute atomic E-state index is 0.116. The summed E-state index contributed by atoms with van der Waals surface area (Å²) in [5.41, 5.74) is 3.53. The summed E-state index contributed by atoms with van der Waals surface area (Å²) in [6.45, 7) is 4.53. The Kier molecular flexibility index (Phi) is 7.28. The van der Waals surface area contributed by atoms with Crippen LogP contribution in [0.15, 0.2) is 35.4 Å². The maximum absolute atomic E-state index is 11.7. The fourth-order valence-electron chi connectivity index (χ4n) is 2.07. The van der Waals surface area contributed by atoms with Crippen molar-refractivity contribution in [3.63, 3.8) is 0 Å². The monoisotopic (exact) mass is 364 g/mol. The molecule has 1 amide bonds. The molecule has 128 valence electrons. The van der Waals surface area contributed by atoms with Crippen LogP contribution in [0.4, 0.5) is 0 Å². The highest BCUT2D eigenvalue weighted by molar-refractivity contribution is 7.13. The van der Waals surface area contributed by atoms with Gasteiger partial charge in [-0.2, -0.15) is 5.10 Å². The molecule has 1 heterocycles. The van der Waals surface area contributed by atoms with Crippen molar-refractivity contribution in [3.05, 3.63) is 50.7 Å². The number of amides is 1. The summed E-state index contributed by atoms with van der Waals surface area (Å²) in [6.07, 6.45) is 3.68. The molecule has 0 aliphatic rings. The highest BCUT2D eigenvalue weighted by Gasteiger charge is 2.03. The van der Waals surface area contributed by atoms with Gasteiger partial charge in [0.2, 0.25) is 5.91 Å². The minimum atomic E-state index is -0.116. The fraction of sp³-hybridized carbons (Fsp3) is 0.333. The number of thiophene rings is 1. The van der Waals surface area contributed by atoms with Crippen molar-refractivity contribution in [2.45, 2.75) is 33.1 Å². The molecule has 2 aromatic rings. The highest BCUT2D eigenvalue weighted by Crippen LogP contribution is 2.21. The van der Waals surface area contributed by atoms with Gasteiger partial charge in [-0.1, -0.05) is 18.5 Å². The maximum Gasteiger partial charge on any atom is 0.240 e. The molecule has 1 aromatic carbocycles. The number of hydrogen-bond acceptors (Lipinski definition) is 4. The van der Waals surface area contributed by atoms with Gasteiger partial charge in [0, 0.05) is 21.2 Å². The van der Waals surface area contributed by atoms with Gasteiger partial charge in [-0.3, -0.25) is 4.79 Å². The summed E-state index contributed by atoms with van der Waals surface area (Å²) in [4.78, 5) is 14.1. The zero-order chi connectivity index (χ0) is 17.4. The third kappa shape index (κ3) is 5.98. The van der Waals surface area contributed by atoms with Crippen molar-refractivity contribution >= 4 is 35.1 Å². The number of hydrazone groups is 1. The molecule has 2 rings (SSSR count). The third-order valence-electron chi connectivity index (χ3n) is 3.35. The second-order valence-electron chi connectivity index (χ2n) is 5.31. The van der Waals surface area contributed by atoms with Crippen molar-refractivity contribution in [1.82, 2.24) is 5.43 Å². The van der Waals surface area contributed by atoms with Crippen LogP contribution in [-0.2, 0) is 11.2 Å². The molecule has 1 N–H and O–H groups in total. The molecule has 0 aliphatic carbocycles. The Morgan fingerprint density at radius 2 is 2.21 bits per heavy atom. The highest BCUT2D eigenvalue weighted by atomic mass is 35.5. The average Bonchev–Trinajstić information content (AvgIpc) is 3.01. The molecule has 0 radical (unpaired) electrons. The first-order chi connectivity index (χ1) is 11.6. The summed E-state index contributed by atoms with van der Waals surface area (Å²) in [7, 11) is 0. The van der Waals surface area contributed by atoms with Crippen LogP contribution in [0.3, 0.4) is 0 Å². The second-order valence-corrected chi connectivity index (χ2v) is 6.95. The van der Waals surface area contributed by atoms with Crippen LogP contribution in [0.25, 0.3) is 0 Å². The SMILES string of the molecule is CCc1ccc(/C=N/NC(=O)CCCOc2ccc(Cl)cc2C)s1. The van der Waals surface area contributed by atoms with Crippen LogP contribution in [0.1, 0.15) is 35.1 Å². The van der Waals surface area contributed by atoms with Crippen molar-refractivity contribution < 1.29 is 9.53 Å². The summed E-state index contributed by atoms with van der Waals surface area (Å²) >= 11 is 7.58. The largest absolute Gasteiger partial charge is 0.493 e. The molecule has 0 bridgehead atoms. The molecule has 0 aliphatic heterocycles. The molecule has 0 unspecified atom stereocenters. The van der Waals surface area contributed by atoms with Crippen molar-refractivity contribution in [2.75, 3.05) is 6.61 Å². The Hall–Kier alpha value is -1.85. The third-order valence-corrected chi connectivity index (χ3v) is 4.75. The van der Waals surface area contributed by atoms with E-state index in [4.69, 9.17) is 16.3 Å². The number of ether oxygens (including phenoxy) is 1. The van der Waals surface area contributed by atoms with Crippen LogP contribution < -0.4 is 10.2 Å². The van der Waals surface area contributed by atoms with E-state index in [1.165, 1.54) is 4.88 Å². The number of aryl methyl sites for hydroxylation is 2. The summed E-state index contributed by atoms with van der Waals surface area (Å²) in [5.74, 6) is 0.678. The molecule has 0 fully saturated rings. The van der Waals surface area contributed by atoms with Crippen molar-refractivity contribution in [2.24, 2.45) is 5.10 Å². The Morgan fingerprint density at radius 1 is 1.38 bits per heavy atom. The number of nitrogens with one attached hydrogen (secondary N) is 1. The van der Waals surface area contributed by atoms with Crippen molar-refractivity contribution in [3.8, 4) is 5.75 Å². The zero-order valence-corrected chi connectivity index (χ0v) is 15.4. The van der Waals surface area contributed by atoms with Crippen molar-refractivity contribution in [1.29, 1.82) is 0 Å². The van der Waals surface area contributed by atoms with E-state index in [9.17, 15) is 4.79 Å². The molecular weight excluding hydrogens is 344 g/mol. The van der Waals surface area contributed by atoms with E-state index in [1.807, 2.05) is 25.1 Å². The maximum atomic E-state index is 11.7. The van der Waals surface area contributed by atoms with E-state index >= 15 is 0 Å². The van der Waals surface area contributed by atoms with Crippen LogP contribution in [0.5, 0.6) is 5.75 Å². The standard InChI is InChI=1S/C18H21ClN2O2S/c1-3-15-7-8-16(24-15)12-20-21-18(22)5-4-10-23-17-9-6-14(19)11-13(17)2/h6-9,11-12H,3-5,10H2,1-2H3,(H,21,22)/b20-12+. The summed E-state index contributed by atoms with van der Waals surface area (Å²) in [5, 5.41) is 4.67. The molecule has 0 atom stereocenters. The predicted molar refractivity (Wildman–Crippen MR) is 100 cm³/mol. The van der Waals surface area contributed by atoms with Crippen LogP contribution in [0, 0.1) is 6.92 Å². The average molecular weight is 365 g/mol. The summed E-state index contributed by atoms with van der Waals surface area (Å²) in [6, 6.07) is 9.56.